The number of thiazole rings is 1. The van der Waals surface area contributed by atoms with Crippen LogP contribution in [-0.2, 0) is 14.4 Å². The van der Waals surface area contributed by atoms with E-state index < -0.39 is 17.8 Å². The summed E-state index contributed by atoms with van der Waals surface area (Å²) < 4.78 is 0. The van der Waals surface area contributed by atoms with Gasteiger partial charge in [0.25, 0.3) is 5.24 Å². The number of carboxylic acid groups (broad SMARTS) is 1. The number of oxime groups is 1. The number of nitrogens with two attached hydrogens (primary N) is 1. The number of hydrogen-bond acceptors (Lipinski definition) is 7. The fraction of sp³-hybridized carbons (Fsp3) is 0.143. The molecule has 1 aromatic rings. The van der Waals surface area contributed by atoms with Crippen molar-refractivity contribution in [2.45, 2.75) is 0 Å². The van der Waals surface area contributed by atoms with Crippen LogP contribution >= 0.6 is 22.9 Å². The van der Waals surface area contributed by atoms with Crippen molar-refractivity contribution in [2.75, 3.05) is 12.3 Å². The second-order valence-electron chi connectivity index (χ2n) is 2.45. The van der Waals surface area contributed by atoms with E-state index in [9.17, 15) is 9.59 Å². The summed E-state index contributed by atoms with van der Waals surface area (Å²) in [4.78, 5) is 29.3. The average Bonchev–Trinajstić information content (AvgIpc) is 2.58. The molecular weight excluding hydrogens is 258 g/mol. The Kier molecular flexibility index (Phi) is 4.20. The van der Waals surface area contributed by atoms with Crippen molar-refractivity contribution in [2.24, 2.45) is 5.16 Å². The van der Waals surface area contributed by atoms with E-state index in [0.717, 1.165) is 11.3 Å². The third kappa shape index (κ3) is 3.48. The maximum Gasteiger partial charge on any atom is 0.344 e. The van der Waals surface area contributed by atoms with Crippen molar-refractivity contribution in [3.8, 4) is 0 Å². The highest BCUT2D eigenvalue weighted by atomic mass is 35.5. The van der Waals surface area contributed by atoms with E-state index in [1.165, 1.54) is 5.38 Å². The molecule has 1 aromatic heterocycles. The highest BCUT2D eigenvalue weighted by Gasteiger charge is 2.16. The first kappa shape index (κ1) is 12.4. The average molecular weight is 264 g/mol. The molecule has 16 heavy (non-hydrogen) atoms. The Morgan fingerprint density at radius 3 is 2.81 bits per heavy atom. The zero-order valence-electron chi connectivity index (χ0n) is 7.71. The van der Waals surface area contributed by atoms with Gasteiger partial charge < -0.3 is 15.7 Å². The highest BCUT2D eigenvalue weighted by Crippen LogP contribution is 2.13. The Balaban J connectivity index is 2.83. The summed E-state index contributed by atoms with van der Waals surface area (Å²) >= 11 is 6.32. The minimum absolute atomic E-state index is 0.146. The van der Waals surface area contributed by atoms with Gasteiger partial charge in [0.1, 0.15) is 5.69 Å². The third-order valence-corrected chi connectivity index (χ3v) is 2.15. The number of aromatic nitrogens is 1. The van der Waals surface area contributed by atoms with Crippen molar-refractivity contribution in [1.82, 2.24) is 4.98 Å². The number of halogens is 1. The standard InChI is InChI=1S/C7H6ClN3O4S/c8-6(14)5(11-15-1-4(12)13)3-2-16-7(9)10-3/h2H,1H2,(H2,9,10)(H,12,13)/b11-5-. The normalized spacial score (nSPS) is 11.2. The van der Waals surface area contributed by atoms with Gasteiger partial charge in [-0.1, -0.05) is 5.16 Å². The molecule has 0 amide bonds. The fourth-order valence-corrected chi connectivity index (χ4v) is 1.41. The number of hydrogen-bond donors (Lipinski definition) is 2. The molecule has 9 heteroatoms. The van der Waals surface area contributed by atoms with Crippen LogP contribution in [0.1, 0.15) is 5.69 Å². The molecule has 7 nitrogen and oxygen atoms in total. The van der Waals surface area contributed by atoms with E-state index in [1.807, 2.05) is 0 Å². The zero-order chi connectivity index (χ0) is 12.1. The van der Waals surface area contributed by atoms with E-state index in [1.54, 1.807) is 0 Å². The zero-order valence-corrected chi connectivity index (χ0v) is 9.29. The van der Waals surface area contributed by atoms with Crippen LogP contribution in [0.15, 0.2) is 10.5 Å². The molecule has 0 unspecified atom stereocenters. The molecule has 0 spiro atoms. The molecule has 3 N–H and O–H groups in total. The van der Waals surface area contributed by atoms with Gasteiger partial charge in [-0.3, -0.25) is 4.79 Å². The Morgan fingerprint density at radius 2 is 2.38 bits per heavy atom. The quantitative estimate of drug-likeness (QED) is 0.448. The van der Waals surface area contributed by atoms with E-state index in [0.29, 0.717) is 0 Å². The van der Waals surface area contributed by atoms with Gasteiger partial charge in [0.2, 0.25) is 6.61 Å². The highest BCUT2D eigenvalue weighted by molar-refractivity contribution is 7.13. The molecule has 0 aliphatic rings. The van der Waals surface area contributed by atoms with Crippen LogP contribution in [-0.4, -0.2) is 33.6 Å². The molecule has 0 radical (unpaired) electrons. The van der Waals surface area contributed by atoms with Crippen molar-refractivity contribution >= 4 is 45.0 Å². The largest absolute Gasteiger partial charge is 0.479 e. The summed E-state index contributed by atoms with van der Waals surface area (Å²) in [6, 6.07) is 0. The van der Waals surface area contributed by atoms with Gasteiger partial charge in [-0.2, -0.15) is 0 Å². The molecular formula is C7H6ClN3O4S. The molecule has 0 aromatic carbocycles. The minimum atomic E-state index is -1.22. The topological polar surface area (TPSA) is 115 Å². The van der Waals surface area contributed by atoms with Crippen LogP contribution in [0, 0.1) is 0 Å². The SMILES string of the molecule is Nc1nc(/C(=N/OCC(=O)O)C(=O)Cl)cs1. The molecule has 0 saturated heterocycles. The van der Waals surface area contributed by atoms with E-state index >= 15 is 0 Å². The molecule has 1 heterocycles. The lowest BCUT2D eigenvalue weighted by atomic mass is 10.3. The summed E-state index contributed by atoms with van der Waals surface area (Å²) in [6.07, 6.45) is 0. The first-order valence-corrected chi connectivity index (χ1v) is 5.09. The smallest absolute Gasteiger partial charge is 0.344 e. The van der Waals surface area contributed by atoms with Gasteiger partial charge in [-0.15, -0.1) is 11.3 Å². The monoisotopic (exact) mass is 263 g/mol. The maximum absolute atomic E-state index is 11.0. The number of nitrogen functional groups attached to an aromatic ring is 1. The molecule has 0 bridgehead atoms. The lowest BCUT2D eigenvalue weighted by molar-refractivity contribution is -0.142. The maximum atomic E-state index is 11.0. The van der Waals surface area contributed by atoms with Crippen molar-refractivity contribution in [3.05, 3.63) is 11.1 Å². The number of aliphatic carboxylic acids is 1. The summed E-state index contributed by atoms with van der Waals surface area (Å²) in [5.41, 5.74) is 5.22. The summed E-state index contributed by atoms with van der Waals surface area (Å²) in [5.74, 6) is -1.22. The molecule has 0 saturated carbocycles. The number of carbonyl (C=O) groups is 2. The van der Waals surface area contributed by atoms with E-state index in [2.05, 4.69) is 15.0 Å². The Bertz CT molecular complexity index is 445. The summed E-state index contributed by atoms with van der Waals surface area (Å²) in [6.45, 7) is -0.673. The van der Waals surface area contributed by atoms with Crippen molar-refractivity contribution in [3.63, 3.8) is 0 Å². The summed E-state index contributed by atoms with van der Waals surface area (Å²) in [5, 5.41) is 12.4. The molecule has 1 rings (SSSR count). The third-order valence-electron chi connectivity index (χ3n) is 1.29. The van der Waals surface area contributed by atoms with Gasteiger partial charge in [-0.25, -0.2) is 9.78 Å². The van der Waals surface area contributed by atoms with Gasteiger partial charge >= 0.3 is 5.97 Å². The lowest BCUT2D eigenvalue weighted by Gasteiger charge is -1.97. The predicted molar refractivity (Wildman–Crippen MR) is 57.5 cm³/mol. The van der Waals surface area contributed by atoms with Crippen molar-refractivity contribution < 1.29 is 19.5 Å². The fourth-order valence-electron chi connectivity index (χ4n) is 0.732. The number of carboxylic acids is 1. The van der Waals surface area contributed by atoms with Gasteiger partial charge in [0, 0.05) is 5.38 Å². The molecule has 0 atom stereocenters. The second kappa shape index (κ2) is 5.42. The van der Waals surface area contributed by atoms with Gasteiger partial charge in [0.05, 0.1) is 0 Å². The Labute approximate surface area is 98.5 Å². The van der Waals surface area contributed by atoms with E-state index in [4.69, 9.17) is 22.4 Å². The number of carbonyl (C=O) groups excluding carboxylic acids is 1. The van der Waals surface area contributed by atoms with Crippen LogP contribution in [0.3, 0.4) is 0 Å². The molecule has 86 valence electrons. The minimum Gasteiger partial charge on any atom is -0.479 e. The number of nitrogens with zero attached hydrogens (tertiary/aromatic N) is 2. The van der Waals surface area contributed by atoms with Crippen LogP contribution in [0.2, 0.25) is 0 Å². The van der Waals surface area contributed by atoms with E-state index in [-0.39, 0.29) is 16.5 Å². The lowest BCUT2D eigenvalue weighted by Crippen LogP contribution is -2.13. The molecule has 0 fully saturated rings. The summed E-state index contributed by atoms with van der Waals surface area (Å²) in [7, 11) is 0. The number of rotatable bonds is 5. The van der Waals surface area contributed by atoms with Crippen molar-refractivity contribution in [1.29, 1.82) is 0 Å². The molecule has 0 aliphatic heterocycles. The number of anilines is 1. The Hall–Kier alpha value is -1.67. The van der Waals surface area contributed by atoms with Crippen LogP contribution in [0.25, 0.3) is 0 Å². The van der Waals surface area contributed by atoms with Crippen LogP contribution in [0.4, 0.5) is 5.13 Å². The van der Waals surface area contributed by atoms with Gasteiger partial charge in [0.15, 0.2) is 10.8 Å². The first-order chi connectivity index (χ1) is 7.50. The predicted octanol–water partition coefficient (Wildman–Crippen LogP) is 0.296. The Morgan fingerprint density at radius 1 is 1.69 bits per heavy atom. The first-order valence-electron chi connectivity index (χ1n) is 3.83. The van der Waals surface area contributed by atoms with Crippen LogP contribution < -0.4 is 5.73 Å². The second-order valence-corrected chi connectivity index (χ2v) is 3.68. The molecule has 0 aliphatic carbocycles. The van der Waals surface area contributed by atoms with Crippen LogP contribution in [0.5, 0.6) is 0 Å². The van der Waals surface area contributed by atoms with Gasteiger partial charge in [-0.05, 0) is 11.6 Å².